The predicted octanol–water partition coefficient (Wildman–Crippen LogP) is 3.58. The molecule has 3 fully saturated rings. The van der Waals surface area contributed by atoms with Crippen LogP contribution in [0.1, 0.15) is 75.2 Å². The maximum atomic E-state index is 13.1. The maximum absolute atomic E-state index is 13.1. The fourth-order valence-electron chi connectivity index (χ4n) is 6.59. The molecule has 0 amide bonds. The molecule has 3 atom stereocenters. The summed E-state index contributed by atoms with van der Waals surface area (Å²) < 4.78 is 17.5. The summed E-state index contributed by atoms with van der Waals surface area (Å²) >= 11 is 0. The molecule has 1 spiro atoms. The Kier molecular flexibility index (Phi) is 7.24. The number of nitrogens with one attached hydrogen (secondary N) is 2. The first kappa shape index (κ1) is 26.1. The Morgan fingerprint density at radius 3 is 2.82 bits per heavy atom. The zero-order valence-corrected chi connectivity index (χ0v) is 22.9. The highest BCUT2D eigenvalue weighted by molar-refractivity contribution is 6.05. The second-order valence-electron chi connectivity index (χ2n) is 11.5. The van der Waals surface area contributed by atoms with Crippen molar-refractivity contribution in [2.75, 3.05) is 26.8 Å². The molecule has 2 aliphatic heterocycles. The van der Waals surface area contributed by atoms with E-state index < -0.39 is 5.41 Å². The molecular weight excluding hydrogens is 496 g/mol. The van der Waals surface area contributed by atoms with Crippen molar-refractivity contribution >= 4 is 11.5 Å². The van der Waals surface area contributed by atoms with E-state index in [1.165, 1.54) is 0 Å². The van der Waals surface area contributed by atoms with Crippen molar-refractivity contribution in [2.45, 2.75) is 88.3 Å². The topological polar surface area (TPSA) is 126 Å². The number of rotatable bonds is 8. The van der Waals surface area contributed by atoms with E-state index in [2.05, 4.69) is 29.3 Å². The molecule has 10 heteroatoms. The molecule has 2 aromatic rings. The second kappa shape index (κ2) is 10.8. The number of nitrogens with zero attached hydrogens (tertiary/aromatic N) is 4. The largest absolute Gasteiger partial charge is 0.473 e. The van der Waals surface area contributed by atoms with Crippen LogP contribution in [0.15, 0.2) is 22.9 Å². The third kappa shape index (κ3) is 5.00. The minimum Gasteiger partial charge on any atom is -0.473 e. The summed E-state index contributed by atoms with van der Waals surface area (Å²) in [6.45, 7) is 4.46. The minimum absolute atomic E-state index is 0.0788. The van der Waals surface area contributed by atoms with E-state index in [9.17, 15) is 4.79 Å². The van der Waals surface area contributed by atoms with E-state index in [4.69, 9.17) is 29.4 Å². The fourth-order valence-corrected chi connectivity index (χ4v) is 6.59. The lowest BCUT2D eigenvalue weighted by atomic mass is 9.64. The molecule has 4 aliphatic rings. The van der Waals surface area contributed by atoms with Gasteiger partial charge in [0.1, 0.15) is 17.6 Å². The predicted molar refractivity (Wildman–Crippen MR) is 145 cm³/mol. The average Bonchev–Trinajstić information content (AvgIpc) is 3.54. The molecule has 0 radical (unpaired) electrons. The maximum Gasteiger partial charge on any atom is 0.217 e. The van der Waals surface area contributed by atoms with Crippen molar-refractivity contribution in [3.05, 3.63) is 35.3 Å². The van der Waals surface area contributed by atoms with E-state index in [0.29, 0.717) is 48.8 Å². The molecule has 0 unspecified atom stereocenters. The number of allylic oxidation sites excluding steroid dienone is 1. The Labute approximate surface area is 229 Å². The van der Waals surface area contributed by atoms with Crippen LogP contribution in [0.3, 0.4) is 0 Å². The molecule has 2 aliphatic carbocycles. The summed E-state index contributed by atoms with van der Waals surface area (Å²) in [5.41, 5.74) is 1.83. The zero-order valence-electron chi connectivity index (χ0n) is 22.9. The normalized spacial score (nSPS) is 26.5. The summed E-state index contributed by atoms with van der Waals surface area (Å²) in [7, 11) is 2.12. The second-order valence-corrected chi connectivity index (χ2v) is 11.5. The smallest absolute Gasteiger partial charge is 0.217 e. The first-order valence-corrected chi connectivity index (χ1v) is 14.3. The Hall–Kier alpha value is -3.11. The van der Waals surface area contributed by atoms with Crippen LogP contribution in [0.4, 0.5) is 0 Å². The summed E-state index contributed by atoms with van der Waals surface area (Å²) in [5, 5.41) is 16.4. The zero-order chi connectivity index (χ0) is 27.0. The molecule has 2 saturated heterocycles. The Bertz CT molecular complexity index is 1270. The van der Waals surface area contributed by atoms with Gasteiger partial charge in [-0.2, -0.15) is 4.98 Å². The number of likely N-dealkylation sites (N-methyl/N-ethyl adjacent to an activating group) is 1. The van der Waals surface area contributed by atoms with Crippen LogP contribution in [0.5, 0.6) is 5.88 Å². The first-order chi connectivity index (χ1) is 18.9. The van der Waals surface area contributed by atoms with Gasteiger partial charge in [0.05, 0.1) is 36.1 Å². The third-order valence-electron chi connectivity index (χ3n) is 8.89. The van der Waals surface area contributed by atoms with Crippen LogP contribution in [0, 0.1) is 5.41 Å². The van der Waals surface area contributed by atoms with E-state index in [0.717, 1.165) is 69.2 Å². The van der Waals surface area contributed by atoms with Crippen molar-refractivity contribution in [2.24, 2.45) is 0 Å². The first-order valence-electron chi connectivity index (χ1n) is 14.3. The minimum atomic E-state index is -0.543. The Balaban J connectivity index is 1.34. The lowest BCUT2D eigenvalue weighted by Crippen LogP contribution is -2.43. The van der Waals surface area contributed by atoms with E-state index in [1.807, 2.05) is 0 Å². The van der Waals surface area contributed by atoms with Crippen LogP contribution in [-0.4, -0.2) is 76.5 Å². The van der Waals surface area contributed by atoms with Crippen LogP contribution >= 0.6 is 0 Å². The number of Topliss-reactive ketones (excluding diaryl/α,β-unsaturated/α-hetero) is 1. The van der Waals surface area contributed by atoms with Gasteiger partial charge in [-0.3, -0.25) is 15.1 Å². The highest BCUT2D eigenvalue weighted by Crippen LogP contribution is 2.47. The van der Waals surface area contributed by atoms with Crippen molar-refractivity contribution in [1.82, 2.24) is 25.3 Å². The molecule has 1 saturated carbocycles. The molecule has 6 rings (SSSR count). The fraction of sp³-hybridized carbons (Fsp3) is 0.621. The number of carbonyl (C=O) groups is 1. The van der Waals surface area contributed by atoms with Crippen molar-refractivity contribution in [1.29, 1.82) is 5.41 Å². The molecule has 39 heavy (non-hydrogen) atoms. The van der Waals surface area contributed by atoms with Crippen LogP contribution in [0.2, 0.25) is 0 Å². The summed E-state index contributed by atoms with van der Waals surface area (Å²) in [6.07, 6.45) is 11.5. The Morgan fingerprint density at radius 2 is 2.08 bits per heavy atom. The lowest BCUT2D eigenvalue weighted by Gasteiger charge is -2.37. The third-order valence-corrected chi connectivity index (χ3v) is 8.89. The molecule has 0 aromatic carbocycles. The van der Waals surface area contributed by atoms with Gasteiger partial charge in [-0.15, -0.1) is 0 Å². The van der Waals surface area contributed by atoms with Gasteiger partial charge >= 0.3 is 0 Å². The van der Waals surface area contributed by atoms with Gasteiger partial charge in [0, 0.05) is 24.1 Å². The number of hydrogen-bond donors (Lipinski definition) is 2. The molecule has 0 bridgehead atoms. The molecular formula is C29H38N6O4. The quantitative estimate of drug-likeness (QED) is 0.489. The number of hydrogen-bond acceptors (Lipinski definition) is 10. The lowest BCUT2D eigenvalue weighted by molar-refractivity contribution is -0.127. The standard InChI is InChI=1S/C29H38N6O4/c1-18(23-8-6-14-35(23)2)38-25-15-22(21(30)10-13-31-19-16-37-17-19)32-28(33-25)26-20-7-5-12-29(27(20)34-39-26)11-4-3-9-24(29)36/h10,13,15,18-19,23,30-31H,3-9,11-12,14,16-17H2,1-2H3/b13-10-,30-21?/t18-,23-,29+/m0/s1. The van der Waals surface area contributed by atoms with Gasteiger partial charge in [-0.1, -0.05) is 11.6 Å². The molecule has 208 valence electrons. The summed E-state index contributed by atoms with van der Waals surface area (Å²) in [5.74, 6) is 1.52. The van der Waals surface area contributed by atoms with Crippen LogP contribution < -0.4 is 10.1 Å². The summed E-state index contributed by atoms with van der Waals surface area (Å²) in [4.78, 5) is 25.0. The van der Waals surface area contributed by atoms with Gasteiger partial charge in [-0.05, 0) is 77.7 Å². The number of likely N-dealkylation sites (tertiary alicyclic amines) is 1. The highest BCUT2D eigenvalue weighted by atomic mass is 16.5. The molecule has 2 aromatic heterocycles. The number of fused-ring (bicyclic) bond motifs is 2. The monoisotopic (exact) mass is 534 g/mol. The van der Waals surface area contributed by atoms with Crippen molar-refractivity contribution < 1.29 is 18.8 Å². The van der Waals surface area contributed by atoms with Gasteiger partial charge < -0.3 is 19.3 Å². The summed E-state index contributed by atoms with van der Waals surface area (Å²) in [6, 6.07) is 2.30. The number of aromatic nitrogens is 3. The SMILES string of the molecule is C[C@H](Oc1cc(C(=N)/C=C\NC2COC2)nc(-c2onc3c2CCC[C@@]32CCCCC2=O)n1)[C@@H]1CCCN1C. The van der Waals surface area contributed by atoms with Crippen molar-refractivity contribution in [3.8, 4) is 17.5 Å². The van der Waals surface area contributed by atoms with Gasteiger partial charge in [0.15, 0.2) is 0 Å². The molecule has 2 N–H and O–H groups in total. The van der Waals surface area contributed by atoms with Gasteiger partial charge in [0.2, 0.25) is 17.5 Å². The number of carbonyl (C=O) groups excluding carboxylic acids is 1. The Morgan fingerprint density at radius 1 is 1.23 bits per heavy atom. The van der Waals surface area contributed by atoms with Crippen LogP contribution in [0.25, 0.3) is 11.6 Å². The van der Waals surface area contributed by atoms with E-state index in [1.54, 1.807) is 18.3 Å². The highest BCUT2D eigenvalue weighted by Gasteiger charge is 2.48. The number of ether oxygens (including phenoxy) is 2. The van der Waals surface area contributed by atoms with E-state index >= 15 is 0 Å². The van der Waals surface area contributed by atoms with Gasteiger partial charge in [0.25, 0.3) is 0 Å². The van der Waals surface area contributed by atoms with Crippen LogP contribution in [-0.2, 0) is 21.4 Å². The van der Waals surface area contributed by atoms with Gasteiger partial charge in [-0.25, -0.2) is 4.98 Å². The molecule has 10 nitrogen and oxygen atoms in total. The van der Waals surface area contributed by atoms with Crippen molar-refractivity contribution in [3.63, 3.8) is 0 Å². The molecule has 4 heterocycles. The number of ketones is 1. The average molecular weight is 535 g/mol. The van der Waals surface area contributed by atoms with E-state index in [-0.39, 0.29) is 23.6 Å².